The Labute approximate surface area is 188 Å². The van der Waals surface area contributed by atoms with Gasteiger partial charge in [-0.05, 0) is 69.5 Å². The van der Waals surface area contributed by atoms with Crippen LogP contribution in [0.4, 0.5) is 0 Å². The van der Waals surface area contributed by atoms with E-state index < -0.39 is 0 Å². The van der Waals surface area contributed by atoms with Gasteiger partial charge in [-0.1, -0.05) is 62.3 Å². The number of aldehydes is 1. The summed E-state index contributed by atoms with van der Waals surface area (Å²) >= 11 is 0. The zero-order valence-electron chi connectivity index (χ0n) is 21.9. The molecule has 0 aliphatic heterocycles. The van der Waals surface area contributed by atoms with Crippen molar-refractivity contribution >= 4 is 6.29 Å². The largest absolute Gasteiger partial charge is 0.303 e. The highest BCUT2D eigenvalue weighted by Crippen LogP contribution is 2.23. The Bertz CT molecular complexity index is 459. The molecule has 0 aliphatic carbocycles. The fourth-order valence-electron chi connectivity index (χ4n) is 3.71. The van der Waals surface area contributed by atoms with Crippen molar-refractivity contribution in [1.82, 2.24) is 14.7 Å². The highest BCUT2D eigenvalue weighted by molar-refractivity contribution is 5.48. The van der Waals surface area contributed by atoms with Crippen LogP contribution in [0.5, 0.6) is 0 Å². The Balaban J connectivity index is 0. The highest BCUT2D eigenvalue weighted by Gasteiger charge is 2.15. The second-order valence-corrected chi connectivity index (χ2v) is 9.38. The number of nitrogens with zero attached hydrogens (tertiary/aromatic N) is 3. The average Bonchev–Trinajstić information content (AvgIpc) is 3.22. The van der Waals surface area contributed by atoms with Gasteiger partial charge in [-0.2, -0.15) is 5.10 Å². The lowest BCUT2D eigenvalue weighted by Gasteiger charge is -2.28. The van der Waals surface area contributed by atoms with Gasteiger partial charge in [0, 0.05) is 24.9 Å². The van der Waals surface area contributed by atoms with Gasteiger partial charge in [-0.15, -0.1) is 0 Å². The molecule has 1 heterocycles. The van der Waals surface area contributed by atoms with Gasteiger partial charge >= 0.3 is 0 Å². The third-order valence-corrected chi connectivity index (χ3v) is 5.06. The number of unbranched alkanes of at least 4 members (excludes halogenated alkanes) is 1. The van der Waals surface area contributed by atoms with E-state index >= 15 is 0 Å². The maximum absolute atomic E-state index is 10.2. The van der Waals surface area contributed by atoms with E-state index in [1.807, 2.05) is 26.1 Å². The number of hydrogen-bond acceptors (Lipinski definition) is 3. The van der Waals surface area contributed by atoms with Crippen molar-refractivity contribution in [3.8, 4) is 0 Å². The second kappa shape index (κ2) is 19.8. The lowest BCUT2D eigenvalue weighted by Crippen LogP contribution is -2.33. The van der Waals surface area contributed by atoms with E-state index in [4.69, 9.17) is 0 Å². The Morgan fingerprint density at radius 3 is 1.87 bits per heavy atom. The van der Waals surface area contributed by atoms with Gasteiger partial charge in [0.2, 0.25) is 0 Å². The molecule has 0 fully saturated rings. The quantitative estimate of drug-likeness (QED) is 0.247. The minimum absolute atomic E-state index is 0.574. The van der Waals surface area contributed by atoms with Crippen LogP contribution in [0.1, 0.15) is 107 Å². The first-order chi connectivity index (χ1) is 14.2. The monoisotopic (exact) mass is 423 g/mol. The van der Waals surface area contributed by atoms with Crippen molar-refractivity contribution in [1.29, 1.82) is 0 Å². The molecular formula is C26H53N3O. The fraction of sp³-hybridized carbons (Fsp3) is 0.846. The fourth-order valence-corrected chi connectivity index (χ4v) is 3.71. The number of rotatable bonds is 13. The van der Waals surface area contributed by atoms with E-state index in [-0.39, 0.29) is 0 Å². The summed E-state index contributed by atoms with van der Waals surface area (Å²) in [6.45, 7) is 20.9. The summed E-state index contributed by atoms with van der Waals surface area (Å²) in [5.74, 6) is 2.24. The summed E-state index contributed by atoms with van der Waals surface area (Å²) in [4.78, 5) is 12.6. The van der Waals surface area contributed by atoms with Crippen LogP contribution in [0.15, 0.2) is 18.5 Å². The Morgan fingerprint density at radius 1 is 0.967 bits per heavy atom. The molecule has 0 N–H and O–H groups in total. The van der Waals surface area contributed by atoms with E-state index in [1.165, 1.54) is 25.7 Å². The Morgan fingerprint density at radius 2 is 1.50 bits per heavy atom. The normalized spacial score (nSPS) is 12.1. The minimum Gasteiger partial charge on any atom is -0.303 e. The maximum atomic E-state index is 10.2. The van der Waals surface area contributed by atoms with E-state index in [1.54, 1.807) is 0 Å². The van der Waals surface area contributed by atoms with Gasteiger partial charge in [0.15, 0.2) is 0 Å². The lowest BCUT2D eigenvalue weighted by atomic mass is 9.96. The van der Waals surface area contributed by atoms with Crippen molar-refractivity contribution in [2.75, 3.05) is 13.6 Å². The van der Waals surface area contributed by atoms with Crippen LogP contribution in [0.25, 0.3) is 0 Å². The van der Waals surface area contributed by atoms with Gasteiger partial charge < -0.3 is 9.69 Å². The number of carbonyl (C=O) groups excluding carboxylic acids is 1. The van der Waals surface area contributed by atoms with E-state index in [0.29, 0.717) is 18.5 Å². The first-order valence-corrected chi connectivity index (χ1v) is 12.3. The van der Waals surface area contributed by atoms with Crippen molar-refractivity contribution in [2.24, 2.45) is 17.8 Å². The zero-order chi connectivity index (χ0) is 23.5. The summed E-state index contributed by atoms with van der Waals surface area (Å²) < 4.78 is 2.11. The first-order valence-electron chi connectivity index (χ1n) is 12.3. The average molecular weight is 424 g/mol. The molecule has 4 heteroatoms. The maximum Gasteiger partial charge on any atom is 0.120 e. The van der Waals surface area contributed by atoms with Crippen LogP contribution in [0.2, 0.25) is 0 Å². The van der Waals surface area contributed by atoms with Crippen molar-refractivity contribution in [2.45, 2.75) is 113 Å². The van der Waals surface area contributed by atoms with Gasteiger partial charge in [0.25, 0.3) is 0 Å². The van der Waals surface area contributed by atoms with E-state index in [9.17, 15) is 4.79 Å². The van der Waals surface area contributed by atoms with Crippen molar-refractivity contribution in [3.63, 3.8) is 0 Å². The van der Waals surface area contributed by atoms with Crippen molar-refractivity contribution in [3.05, 3.63) is 18.5 Å². The Kier molecular flexibility index (Phi) is 20.5. The summed E-state index contributed by atoms with van der Waals surface area (Å²) in [6.07, 6.45) is 11.6. The van der Waals surface area contributed by atoms with Crippen LogP contribution in [0, 0.1) is 17.8 Å². The molecule has 4 nitrogen and oxygen atoms in total. The molecule has 178 valence electrons. The topological polar surface area (TPSA) is 38.1 Å². The second-order valence-electron chi connectivity index (χ2n) is 9.38. The van der Waals surface area contributed by atoms with Gasteiger partial charge in [-0.3, -0.25) is 4.68 Å². The smallest absolute Gasteiger partial charge is 0.120 e. The number of aromatic nitrogens is 2. The first kappa shape index (κ1) is 31.0. The molecule has 1 aromatic rings. The third kappa shape index (κ3) is 16.6. The summed E-state index contributed by atoms with van der Waals surface area (Å²) in [5.41, 5.74) is 0. The molecule has 0 saturated carbocycles. The zero-order valence-corrected chi connectivity index (χ0v) is 21.9. The highest BCUT2D eigenvalue weighted by atomic mass is 16.1. The molecule has 0 amide bonds. The molecule has 1 rings (SSSR count). The lowest BCUT2D eigenvalue weighted by molar-refractivity contribution is -0.108. The predicted molar refractivity (Wildman–Crippen MR) is 133 cm³/mol. The molecular weight excluding hydrogens is 370 g/mol. The molecule has 1 unspecified atom stereocenters. The molecule has 0 saturated heterocycles. The molecule has 1 atom stereocenters. The molecule has 0 aromatic carbocycles. The van der Waals surface area contributed by atoms with E-state index in [2.05, 4.69) is 76.4 Å². The number of carbonyl (C=O) groups is 1. The SMILES string of the molecule is CC.CC(C)CC(CC(C)C)n1cccn1.CCC(CC(C)C)N(C)CCCC=O. The third-order valence-electron chi connectivity index (χ3n) is 5.06. The minimum atomic E-state index is 0.574. The summed E-state index contributed by atoms with van der Waals surface area (Å²) in [7, 11) is 2.17. The molecule has 30 heavy (non-hydrogen) atoms. The van der Waals surface area contributed by atoms with E-state index in [0.717, 1.165) is 37.0 Å². The number of hydrogen-bond donors (Lipinski definition) is 0. The van der Waals surface area contributed by atoms with Crippen LogP contribution >= 0.6 is 0 Å². The standard InChI is InChI=1S/C12H22N2.C12H25NO.C2H6/c1-10(2)8-12(9-11(3)4)14-7-5-6-13-14;1-5-12(10-11(2)3)13(4)8-6-7-9-14;1-2/h5-7,10-12H,8-9H2,1-4H3;9,11-12H,5-8,10H2,1-4H3;1-2H3. The molecule has 0 bridgehead atoms. The van der Waals surface area contributed by atoms with Crippen LogP contribution in [0.3, 0.4) is 0 Å². The van der Waals surface area contributed by atoms with Gasteiger partial charge in [0.05, 0.1) is 6.04 Å². The van der Waals surface area contributed by atoms with Crippen LogP contribution in [-0.2, 0) is 4.79 Å². The summed E-state index contributed by atoms with van der Waals surface area (Å²) in [5, 5.41) is 4.34. The molecule has 1 aromatic heterocycles. The predicted octanol–water partition coefficient (Wildman–Crippen LogP) is 7.26. The van der Waals surface area contributed by atoms with Crippen LogP contribution < -0.4 is 0 Å². The van der Waals surface area contributed by atoms with Crippen molar-refractivity contribution < 1.29 is 4.79 Å². The van der Waals surface area contributed by atoms with Gasteiger partial charge in [-0.25, -0.2) is 0 Å². The van der Waals surface area contributed by atoms with Crippen LogP contribution in [-0.4, -0.2) is 40.6 Å². The van der Waals surface area contributed by atoms with Gasteiger partial charge in [0.1, 0.15) is 6.29 Å². The Hall–Kier alpha value is -1.16. The molecule has 0 radical (unpaired) electrons. The molecule has 0 spiro atoms. The molecule has 0 aliphatic rings. The summed E-state index contributed by atoms with van der Waals surface area (Å²) in [6, 6.07) is 3.26.